The van der Waals surface area contributed by atoms with Crippen molar-refractivity contribution in [2.75, 3.05) is 10.7 Å². The molecule has 2 aromatic carbocycles. The molecule has 0 amide bonds. The molecular formula is C15H15N5. The predicted octanol–water partition coefficient (Wildman–Crippen LogP) is 2.97. The third-order valence-electron chi connectivity index (χ3n) is 3.04. The summed E-state index contributed by atoms with van der Waals surface area (Å²) in [6.45, 7) is 1.83. The molecule has 0 atom stereocenters. The van der Waals surface area contributed by atoms with Crippen LogP contribution in [0.15, 0.2) is 48.5 Å². The van der Waals surface area contributed by atoms with Crippen LogP contribution in [0.5, 0.6) is 0 Å². The number of nitrogens with one attached hydrogen (secondary N) is 2. The second-order valence-corrected chi connectivity index (χ2v) is 4.48. The fourth-order valence-electron chi connectivity index (χ4n) is 2.18. The maximum Gasteiger partial charge on any atom is 0.145 e. The van der Waals surface area contributed by atoms with E-state index in [2.05, 4.69) is 38.9 Å². The monoisotopic (exact) mass is 265 g/mol. The molecule has 4 N–H and O–H groups in total. The van der Waals surface area contributed by atoms with Gasteiger partial charge in [0, 0.05) is 17.1 Å². The van der Waals surface area contributed by atoms with Gasteiger partial charge in [-0.05, 0) is 18.4 Å². The van der Waals surface area contributed by atoms with E-state index < -0.39 is 0 Å². The Hall–Kier alpha value is -2.66. The largest absolute Gasteiger partial charge is 0.340 e. The van der Waals surface area contributed by atoms with E-state index in [0.717, 1.165) is 11.1 Å². The number of nitrogens with zero attached hydrogens (tertiary/aromatic N) is 2. The van der Waals surface area contributed by atoms with Gasteiger partial charge in [0.2, 0.25) is 0 Å². The van der Waals surface area contributed by atoms with Crippen LogP contribution in [-0.2, 0) is 0 Å². The SMILES string of the molecule is Cc1nc(NN)cc(Nc2cccc3ccccc23)n1. The second-order valence-electron chi connectivity index (χ2n) is 4.48. The normalized spacial score (nSPS) is 10.5. The van der Waals surface area contributed by atoms with Crippen molar-refractivity contribution >= 4 is 28.1 Å². The van der Waals surface area contributed by atoms with E-state index >= 15 is 0 Å². The smallest absolute Gasteiger partial charge is 0.145 e. The molecule has 100 valence electrons. The number of nitrogens with two attached hydrogens (primary N) is 1. The molecule has 0 aliphatic rings. The number of aromatic nitrogens is 2. The first kappa shape index (κ1) is 12.4. The molecule has 1 heterocycles. The number of hydrazine groups is 1. The molecular weight excluding hydrogens is 250 g/mol. The fourth-order valence-corrected chi connectivity index (χ4v) is 2.18. The maximum absolute atomic E-state index is 5.40. The van der Waals surface area contributed by atoms with E-state index in [4.69, 9.17) is 5.84 Å². The van der Waals surface area contributed by atoms with Gasteiger partial charge in [0.1, 0.15) is 17.5 Å². The lowest BCUT2D eigenvalue weighted by Crippen LogP contribution is -2.10. The van der Waals surface area contributed by atoms with Crippen molar-refractivity contribution in [2.24, 2.45) is 5.84 Å². The summed E-state index contributed by atoms with van der Waals surface area (Å²) in [4.78, 5) is 8.54. The standard InChI is InChI=1S/C15H15N5/c1-10-17-14(9-15(18-10)20-16)19-13-8-4-6-11-5-2-3-7-12(11)13/h2-9H,16H2,1H3,(H2,17,18,19,20). The van der Waals surface area contributed by atoms with Gasteiger partial charge in [-0.2, -0.15) is 0 Å². The van der Waals surface area contributed by atoms with Gasteiger partial charge in [-0.15, -0.1) is 0 Å². The Kier molecular flexibility index (Phi) is 3.18. The maximum atomic E-state index is 5.40. The minimum atomic E-state index is 0.584. The summed E-state index contributed by atoms with van der Waals surface area (Å²) in [5.41, 5.74) is 3.54. The van der Waals surface area contributed by atoms with Gasteiger partial charge in [-0.1, -0.05) is 36.4 Å². The highest BCUT2D eigenvalue weighted by Gasteiger charge is 2.04. The number of benzene rings is 2. The van der Waals surface area contributed by atoms with Crippen molar-refractivity contribution in [2.45, 2.75) is 6.92 Å². The second kappa shape index (κ2) is 5.14. The zero-order valence-corrected chi connectivity index (χ0v) is 11.1. The average Bonchev–Trinajstić information content (AvgIpc) is 2.47. The van der Waals surface area contributed by atoms with Gasteiger partial charge >= 0.3 is 0 Å². The van der Waals surface area contributed by atoms with Crippen molar-refractivity contribution in [1.82, 2.24) is 9.97 Å². The summed E-state index contributed by atoms with van der Waals surface area (Å²) >= 11 is 0. The van der Waals surface area contributed by atoms with E-state index in [1.54, 1.807) is 6.07 Å². The summed E-state index contributed by atoms with van der Waals surface area (Å²) in [5, 5.41) is 5.64. The topological polar surface area (TPSA) is 75.9 Å². The van der Waals surface area contributed by atoms with Crippen LogP contribution < -0.4 is 16.6 Å². The van der Waals surface area contributed by atoms with Gasteiger partial charge in [0.05, 0.1) is 0 Å². The van der Waals surface area contributed by atoms with Crippen LogP contribution in [0.2, 0.25) is 0 Å². The first-order valence-electron chi connectivity index (χ1n) is 6.33. The van der Waals surface area contributed by atoms with E-state index in [1.165, 1.54) is 5.39 Å². The summed E-state index contributed by atoms with van der Waals surface area (Å²) < 4.78 is 0. The Morgan fingerprint density at radius 1 is 0.950 bits per heavy atom. The molecule has 5 nitrogen and oxygen atoms in total. The summed E-state index contributed by atoms with van der Waals surface area (Å²) in [7, 11) is 0. The van der Waals surface area contributed by atoms with E-state index in [-0.39, 0.29) is 0 Å². The van der Waals surface area contributed by atoms with Crippen molar-refractivity contribution in [3.63, 3.8) is 0 Å². The Morgan fingerprint density at radius 3 is 2.55 bits per heavy atom. The molecule has 0 radical (unpaired) electrons. The Balaban J connectivity index is 2.03. The van der Waals surface area contributed by atoms with Gasteiger partial charge < -0.3 is 10.7 Å². The zero-order chi connectivity index (χ0) is 13.9. The van der Waals surface area contributed by atoms with Crippen molar-refractivity contribution in [3.05, 3.63) is 54.4 Å². The van der Waals surface area contributed by atoms with Gasteiger partial charge in [-0.3, -0.25) is 0 Å². The quantitative estimate of drug-likeness (QED) is 0.501. The minimum Gasteiger partial charge on any atom is -0.340 e. The van der Waals surface area contributed by atoms with E-state index in [0.29, 0.717) is 17.5 Å². The van der Waals surface area contributed by atoms with Crippen LogP contribution in [0.1, 0.15) is 5.82 Å². The van der Waals surface area contributed by atoms with Crippen LogP contribution in [0.3, 0.4) is 0 Å². The van der Waals surface area contributed by atoms with Crippen LogP contribution in [0.4, 0.5) is 17.3 Å². The lowest BCUT2D eigenvalue weighted by Gasteiger charge is -2.10. The molecule has 0 unspecified atom stereocenters. The molecule has 0 aliphatic carbocycles. The van der Waals surface area contributed by atoms with Gasteiger partial charge in [-0.25, -0.2) is 15.8 Å². The van der Waals surface area contributed by atoms with Crippen molar-refractivity contribution in [1.29, 1.82) is 0 Å². The number of aryl methyl sites for hydroxylation is 1. The van der Waals surface area contributed by atoms with Crippen molar-refractivity contribution in [3.8, 4) is 0 Å². The van der Waals surface area contributed by atoms with E-state index in [9.17, 15) is 0 Å². The molecule has 0 fully saturated rings. The fraction of sp³-hybridized carbons (Fsp3) is 0.0667. The highest BCUT2D eigenvalue weighted by Crippen LogP contribution is 2.26. The lowest BCUT2D eigenvalue weighted by molar-refractivity contribution is 1.05. The van der Waals surface area contributed by atoms with Crippen LogP contribution >= 0.6 is 0 Å². The lowest BCUT2D eigenvalue weighted by atomic mass is 10.1. The molecule has 0 spiro atoms. The first-order chi connectivity index (χ1) is 9.76. The van der Waals surface area contributed by atoms with Gasteiger partial charge in [0.15, 0.2) is 0 Å². The highest BCUT2D eigenvalue weighted by atomic mass is 15.3. The highest BCUT2D eigenvalue weighted by molar-refractivity contribution is 5.95. The molecule has 20 heavy (non-hydrogen) atoms. The van der Waals surface area contributed by atoms with Gasteiger partial charge in [0.25, 0.3) is 0 Å². The average molecular weight is 265 g/mol. The molecule has 0 saturated carbocycles. The number of anilines is 3. The molecule has 0 aliphatic heterocycles. The third kappa shape index (κ3) is 2.39. The predicted molar refractivity (Wildman–Crippen MR) is 81.8 cm³/mol. The number of hydrogen-bond acceptors (Lipinski definition) is 5. The number of rotatable bonds is 3. The summed E-state index contributed by atoms with van der Waals surface area (Å²) in [6.07, 6.45) is 0. The Morgan fingerprint density at radius 2 is 1.70 bits per heavy atom. The third-order valence-corrected chi connectivity index (χ3v) is 3.04. The molecule has 0 bridgehead atoms. The van der Waals surface area contributed by atoms with Crippen LogP contribution in [-0.4, -0.2) is 9.97 Å². The number of nitrogen functional groups attached to an aromatic ring is 1. The zero-order valence-electron chi connectivity index (χ0n) is 11.1. The van der Waals surface area contributed by atoms with E-state index in [1.807, 2.05) is 31.2 Å². The Labute approximate surface area is 116 Å². The van der Waals surface area contributed by atoms with Crippen LogP contribution in [0, 0.1) is 6.92 Å². The first-order valence-corrected chi connectivity index (χ1v) is 6.33. The van der Waals surface area contributed by atoms with Crippen LogP contribution in [0.25, 0.3) is 10.8 Å². The minimum absolute atomic E-state index is 0.584. The molecule has 3 rings (SSSR count). The molecule has 5 heteroatoms. The summed E-state index contributed by atoms with van der Waals surface area (Å²) in [5.74, 6) is 7.35. The number of hydrogen-bond donors (Lipinski definition) is 3. The van der Waals surface area contributed by atoms with Crippen molar-refractivity contribution < 1.29 is 0 Å². The Bertz CT molecular complexity index is 749. The number of fused-ring (bicyclic) bond motifs is 1. The molecule has 0 saturated heterocycles. The molecule has 3 aromatic rings. The molecule has 1 aromatic heterocycles. The summed E-state index contributed by atoms with van der Waals surface area (Å²) in [6, 6.07) is 16.1.